The number of aromatic nitrogens is 3. The molecule has 0 bridgehead atoms. The van der Waals surface area contributed by atoms with Gasteiger partial charge in [-0.3, -0.25) is 4.79 Å². The number of anilines is 1. The van der Waals surface area contributed by atoms with Crippen molar-refractivity contribution in [3.05, 3.63) is 45.8 Å². The van der Waals surface area contributed by atoms with Crippen LogP contribution in [0.3, 0.4) is 0 Å². The molecule has 18 heavy (non-hydrogen) atoms. The van der Waals surface area contributed by atoms with Crippen LogP contribution >= 0.6 is 11.3 Å². The van der Waals surface area contributed by atoms with E-state index in [1.165, 1.54) is 16.0 Å². The lowest BCUT2D eigenvalue weighted by atomic mass is 10.2. The average molecular weight is 258 g/mol. The van der Waals surface area contributed by atoms with E-state index in [4.69, 9.17) is 5.73 Å². The lowest BCUT2D eigenvalue weighted by molar-refractivity contribution is 0.778. The highest BCUT2D eigenvalue weighted by atomic mass is 32.1. The predicted octanol–water partition coefficient (Wildman–Crippen LogP) is 1.73. The Morgan fingerprint density at radius 1 is 1.39 bits per heavy atom. The molecule has 0 atom stereocenters. The van der Waals surface area contributed by atoms with Crippen molar-refractivity contribution in [2.24, 2.45) is 0 Å². The second-order valence-corrected chi connectivity index (χ2v) is 4.79. The Morgan fingerprint density at radius 2 is 2.22 bits per heavy atom. The molecule has 3 rings (SSSR count). The zero-order chi connectivity index (χ0) is 12.7. The van der Waals surface area contributed by atoms with E-state index in [2.05, 4.69) is 10.1 Å². The predicted molar refractivity (Wildman–Crippen MR) is 72.2 cm³/mol. The summed E-state index contributed by atoms with van der Waals surface area (Å²) >= 11 is 1.35. The van der Waals surface area contributed by atoms with E-state index in [0.717, 1.165) is 11.1 Å². The maximum Gasteiger partial charge on any atom is 0.283 e. The molecule has 90 valence electrons. The summed E-state index contributed by atoms with van der Waals surface area (Å²) in [5.74, 6) is 0.498. The Morgan fingerprint density at radius 3 is 2.94 bits per heavy atom. The lowest BCUT2D eigenvalue weighted by Gasteiger charge is -2.05. The summed E-state index contributed by atoms with van der Waals surface area (Å²) in [5, 5.41) is 7.99. The highest BCUT2D eigenvalue weighted by Gasteiger charge is 2.13. The summed E-state index contributed by atoms with van der Waals surface area (Å²) in [4.78, 5) is 16.5. The SMILES string of the molecule is Cc1nn(-c2ccccn2)c(=O)c2c(N)scc12. The molecule has 3 aromatic heterocycles. The maximum absolute atomic E-state index is 12.4. The number of aryl methyl sites for hydroxylation is 1. The normalized spacial score (nSPS) is 10.9. The first-order valence-electron chi connectivity index (χ1n) is 5.36. The number of pyridine rings is 1. The molecule has 0 unspecified atom stereocenters. The standard InChI is InChI=1S/C12H10N4OS/c1-7-8-6-18-11(13)10(8)12(17)16(15-7)9-4-2-3-5-14-9/h2-6H,13H2,1H3. The Labute approximate surface area is 107 Å². The van der Waals surface area contributed by atoms with E-state index < -0.39 is 0 Å². The van der Waals surface area contributed by atoms with Crippen LogP contribution in [-0.2, 0) is 0 Å². The Kier molecular flexibility index (Phi) is 2.38. The van der Waals surface area contributed by atoms with Crippen molar-refractivity contribution in [3.63, 3.8) is 0 Å². The van der Waals surface area contributed by atoms with E-state index in [9.17, 15) is 4.79 Å². The molecular weight excluding hydrogens is 248 g/mol. The van der Waals surface area contributed by atoms with Crippen LogP contribution < -0.4 is 11.3 Å². The molecule has 0 spiro atoms. The quantitative estimate of drug-likeness (QED) is 0.721. The molecule has 5 nitrogen and oxygen atoms in total. The molecule has 0 aromatic carbocycles. The Hall–Kier alpha value is -2.21. The first kappa shape index (κ1) is 10.9. The van der Waals surface area contributed by atoms with Crippen molar-refractivity contribution < 1.29 is 0 Å². The fourth-order valence-electron chi connectivity index (χ4n) is 1.85. The van der Waals surface area contributed by atoms with Gasteiger partial charge in [0.2, 0.25) is 0 Å². The van der Waals surface area contributed by atoms with Crippen LogP contribution in [0.15, 0.2) is 34.6 Å². The van der Waals surface area contributed by atoms with E-state index in [1.807, 2.05) is 18.4 Å². The number of nitrogens with two attached hydrogens (primary N) is 1. The van der Waals surface area contributed by atoms with E-state index in [-0.39, 0.29) is 5.56 Å². The van der Waals surface area contributed by atoms with Crippen LogP contribution in [0.25, 0.3) is 16.6 Å². The summed E-state index contributed by atoms with van der Waals surface area (Å²) in [6.45, 7) is 1.85. The highest BCUT2D eigenvalue weighted by Crippen LogP contribution is 2.26. The minimum atomic E-state index is -0.229. The summed E-state index contributed by atoms with van der Waals surface area (Å²) in [5.41, 5.74) is 6.39. The highest BCUT2D eigenvalue weighted by molar-refractivity contribution is 7.15. The van der Waals surface area contributed by atoms with Gasteiger partial charge in [0.05, 0.1) is 16.1 Å². The number of fused-ring (bicyclic) bond motifs is 1. The second-order valence-electron chi connectivity index (χ2n) is 3.88. The number of thiophene rings is 1. The van der Waals surface area contributed by atoms with Gasteiger partial charge in [-0.25, -0.2) is 4.98 Å². The summed E-state index contributed by atoms with van der Waals surface area (Å²) < 4.78 is 1.29. The maximum atomic E-state index is 12.4. The molecule has 6 heteroatoms. The lowest BCUT2D eigenvalue weighted by Crippen LogP contribution is -2.23. The summed E-state index contributed by atoms with van der Waals surface area (Å²) in [7, 11) is 0. The first-order chi connectivity index (χ1) is 8.68. The van der Waals surface area contributed by atoms with Crippen LogP contribution in [0.4, 0.5) is 5.00 Å². The van der Waals surface area contributed by atoms with E-state index in [0.29, 0.717) is 16.2 Å². The molecule has 3 heterocycles. The van der Waals surface area contributed by atoms with E-state index in [1.54, 1.807) is 18.3 Å². The fourth-order valence-corrected chi connectivity index (χ4v) is 2.70. The molecule has 0 aliphatic heterocycles. The van der Waals surface area contributed by atoms with Gasteiger partial charge in [0.25, 0.3) is 5.56 Å². The van der Waals surface area contributed by atoms with Crippen LogP contribution in [0.1, 0.15) is 5.69 Å². The largest absolute Gasteiger partial charge is 0.390 e. The molecule has 2 N–H and O–H groups in total. The zero-order valence-corrected chi connectivity index (χ0v) is 10.4. The first-order valence-corrected chi connectivity index (χ1v) is 6.24. The molecule has 0 amide bonds. The number of hydrogen-bond donors (Lipinski definition) is 1. The van der Waals surface area contributed by atoms with E-state index >= 15 is 0 Å². The van der Waals surface area contributed by atoms with Crippen LogP contribution in [0.5, 0.6) is 0 Å². The van der Waals surface area contributed by atoms with Crippen LogP contribution in [0.2, 0.25) is 0 Å². The van der Waals surface area contributed by atoms with Gasteiger partial charge in [-0.1, -0.05) is 6.07 Å². The van der Waals surface area contributed by atoms with Crippen molar-refractivity contribution >= 4 is 27.1 Å². The molecule has 0 fully saturated rings. The topological polar surface area (TPSA) is 73.8 Å². The van der Waals surface area contributed by atoms with Gasteiger partial charge in [0.1, 0.15) is 0 Å². The van der Waals surface area contributed by atoms with Crippen molar-refractivity contribution in [1.29, 1.82) is 0 Å². The van der Waals surface area contributed by atoms with Crippen LogP contribution in [0, 0.1) is 6.92 Å². The van der Waals surface area contributed by atoms with Gasteiger partial charge in [0.15, 0.2) is 5.82 Å². The Bertz CT molecular complexity index is 776. The molecule has 0 radical (unpaired) electrons. The molecule has 0 aliphatic carbocycles. The second kappa shape index (κ2) is 3.92. The molecule has 0 saturated carbocycles. The van der Waals surface area contributed by atoms with Crippen molar-refractivity contribution in [1.82, 2.24) is 14.8 Å². The molecule has 0 saturated heterocycles. The van der Waals surface area contributed by atoms with Gasteiger partial charge >= 0.3 is 0 Å². The molecular formula is C12H10N4OS. The van der Waals surface area contributed by atoms with Crippen LogP contribution in [-0.4, -0.2) is 14.8 Å². The average Bonchev–Trinajstić information content (AvgIpc) is 2.78. The van der Waals surface area contributed by atoms with Gasteiger partial charge in [-0.15, -0.1) is 11.3 Å². The fraction of sp³-hybridized carbons (Fsp3) is 0.0833. The summed E-state index contributed by atoms with van der Waals surface area (Å²) in [6.07, 6.45) is 1.62. The van der Waals surface area contributed by atoms with Gasteiger partial charge < -0.3 is 5.73 Å². The van der Waals surface area contributed by atoms with Crippen molar-refractivity contribution in [2.75, 3.05) is 5.73 Å². The monoisotopic (exact) mass is 258 g/mol. The number of nitrogens with zero attached hydrogens (tertiary/aromatic N) is 3. The van der Waals surface area contributed by atoms with Gasteiger partial charge in [-0.05, 0) is 19.1 Å². The minimum Gasteiger partial charge on any atom is -0.390 e. The number of nitrogen functional groups attached to an aromatic ring is 1. The van der Waals surface area contributed by atoms with Gasteiger partial charge in [0, 0.05) is 17.0 Å². The van der Waals surface area contributed by atoms with Gasteiger partial charge in [-0.2, -0.15) is 9.78 Å². The zero-order valence-electron chi connectivity index (χ0n) is 9.62. The Balaban J connectivity index is 2.42. The minimum absolute atomic E-state index is 0.229. The third kappa shape index (κ3) is 1.50. The summed E-state index contributed by atoms with van der Waals surface area (Å²) in [6, 6.07) is 5.34. The smallest absolute Gasteiger partial charge is 0.283 e. The molecule has 3 aromatic rings. The van der Waals surface area contributed by atoms with Crippen molar-refractivity contribution in [3.8, 4) is 5.82 Å². The van der Waals surface area contributed by atoms with Crippen molar-refractivity contribution in [2.45, 2.75) is 6.92 Å². The third-order valence-electron chi connectivity index (χ3n) is 2.73. The number of hydrogen-bond acceptors (Lipinski definition) is 5. The number of rotatable bonds is 1. The molecule has 0 aliphatic rings. The third-order valence-corrected chi connectivity index (χ3v) is 3.54.